The van der Waals surface area contributed by atoms with Crippen LogP contribution in [0, 0.1) is 5.41 Å². The molecule has 0 aliphatic carbocycles. The molecular formula is C12H13N3. The van der Waals surface area contributed by atoms with Crippen molar-refractivity contribution in [2.75, 3.05) is 7.05 Å². The lowest BCUT2D eigenvalue weighted by Crippen LogP contribution is -2.08. The number of aromatic nitrogens is 1. The van der Waals surface area contributed by atoms with Crippen molar-refractivity contribution in [1.29, 1.82) is 5.41 Å². The predicted molar refractivity (Wildman–Crippen MR) is 62.4 cm³/mol. The zero-order valence-corrected chi connectivity index (χ0v) is 8.62. The van der Waals surface area contributed by atoms with Crippen molar-refractivity contribution in [2.24, 2.45) is 0 Å². The maximum Gasteiger partial charge on any atom is 0.0705 e. The molecule has 0 spiro atoms. The van der Waals surface area contributed by atoms with Gasteiger partial charge in [-0.25, -0.2) is 0 Å². The van der Waals surface area contributed by atoms with Gasteiger partial charge in [-0.2, -0.15) is 0 Å². The van der Waals surface area contributed by atoms with E-state index in [0.29, 0.717) is 0 Å². The van der Waals surface area contributed by atoms with Crippen LogP contribution in [-0.4, -0.2) is 18.2 Å². The van der Waals surface area contributed by atoms with E-state index in [9.17, 15) is 0 Å². The van der Waals surface area contributed by atoms with Crippen LogP contribution in [0.5, 0.6) is 0 Å². The van der Waals surface area contributed by atoms with E-state index in [1.54, 1.807) is 6.20 Å². The van der Waals surface area contributed by atoms with Crippen LogP contribution in [0.2, 0.25) is 0 Å². The lowest BCUT2D eigenvalue weighted by molar-refractivity contribution is 0.821. The number of nitrogens with one attached hydrogen (secondary N) is 2. The smallest absolute Gasteiger partial charge is 0.0705 e. The molecule has 0 aliphatic rings. The molecular weight excluding hydrogens is 186 g/mol. The number of hydrogen-bond acceptors (Lipinski definition) is 3. The van der Waals surface area contributed by atoms with Gasteiger partial charge in [-0.1, -0.05) is 18.2 Å². The van der Waals surface area contributed by atoms with E-state index >= 15 is 0 Å². The average molecular weight is 199 g/mol. The quantitative estimate of drug-likeness (QED) is 0.742. The van der Waals surface area contributed by atoms with E-state index < -0.39 is 0 Å². The first-order chi connectivity index (χ1) is 7.36. The highest BCUT2D eigenvalue weighted by Gasteiger charge is 2.05. The van der Waals surface area contributed by atoms with Crippen molar-refractivity contribution in [1.82, 2.24) is 10.3 Å². The Morgan fingerprint density at radius 3 is 2.93 bits per heavy atom. The average Bonchev–Trinajstić information content (AvgIpc) is 2.30. The molecule has 15 heavy (non-hydrogen) atoms. The predicted octanol–water partition coefficient (Wildman–Crippen LogP) is 1.95. The van der Waals surface area contributed by atoms with Gasteiger partial charge in [-0.3, -0.25) is 4.98 Å². The van der Waals surface area contributed by atoms with E-state index in [-0.39, 0.29) is 0 Å². The molecule has 0 radical (unpaired) electrons. The Kier molecular flexibility index (Phi) is 2.74. The fraction of sp³-hybridized carbons (Fsp3) is 0.167. The van der Waals surface area contributed by atoms with Gasteiger partial charge < -0.3 is 10.7 Å². The van der Waals surface area contributed by atoms with Crippen molar-refractivity contribution in [3.8, 4) is 0 Å². The van der Waals surface area contributed by atoms with Gasteiger partial charge in [0.05, 0.1) is 5.52 Å². The van der Waals surface area contributed by atoms with Crippen LogP contribution in [0.1, 0.15) is 11.1 Å². The highest BCUT2D eigenvalue weighted by Crippen LogP contribution is 2.19. The number of hydrogen-bond donors (Lipinski definition) is 2. The molecule has 2 N–H and O–H groups in total. The number of benzene rings is 1. The lowest BCUT2D eigenvalue weighted by Gasteiger charge is -2.08. The van der Waals surface area contributed by atoms with Crippen molar-refractivity contribution in [3.05, 3.63) is 41.6 Å². The second kappa shape index (κ2) is 4.19. The Labute approximate surface area is 88.7 Å². The van der Waals surface area contributed by atoms with Crippen LogP contribution in [-0.2, 0) is 6.54 Å². The van der Waals surface area contributed by atoms with Crippen molar-refractivity contribution in [2.45, 2.75) is 6.54 Å². The number of fused-ring (bicyclic) bond motifs is 1. The molecule has 1 aromatic heterocycles. The fourth-order valence-electron chi connectivity index (χ4n) is 1.71. The molecule has 0 saturated carbocycles. The monoisotopic (exact) mass is 199 g/mol. The van der Waals surface area contributed by atoms with E-state index in [4.69, 9.17) is 5.41 Å². The molecule has 0 aliphatic heterocycles. The second-order valence-corrected chi connectivity index (χ2v) is 3.38. The molecule has 1 aromatic carbocycles. The third kappa shape index (κ3) is 1.74. The molecule has 1 heterocycles. The highest BCUT2D eigenvalue weighted by atomic mass is 14.8. The van der Waals surface area contributed by atoms with Crippen LogP contribution >= 0.6 is 0 Å². The Hall–Kier alpha value is -1.74. The van der Waals surface area contributed by atoms with Gasteiger partial charge in [0.1, 0.15) is 0 Å². The molecule has 76 valence electrons. The first-order valence-electron chi connectivity index (χ1n) is 4.88. The number of rotatable bonds is 3. The largest absolute Gasteiger partial charge is 0.316 e. The summed E-state index contributed by atoms with van der Waals surface area (Å²) in [6.07, 6.45) is 3.11. The highest BCUT2D eigenvalue weighted by molar-refractivity contribution is 5.90. The Morgan fingerprint density at radius 1 is 1.40 bits per heavy atom. The molecule has 0 bridgehead atoms. The van der Waals surface area contributed by atoms with E-state index in [2.05, 4.69) is 10.3 Å². The fourth-order valence-corrected chi connectivity index (χ4v) is 1.71. The van der Waals surface area contributed by atoms with Gasteiger partial charge in [0.2, 0.25) is 0 Å². The van der Waals surface area contributed by atoms with Gasteiger partial charge in [-0.05, 0) is 18.7 Å². The van der Waals surface area contributed by atoms with E-state index in [1.165, 1.54) is 6.21 Å². The van der Waals surface area contributed by atoms with E-state index in [1.807, 2.05) is 31.3 Å². The van der Waals surface area contributed by atoms with Crippen molar-refractivity contribution < 1.29 is 0 Å². The number of nitrogens with zero attached hydrogens (tertiary/aromatic N) is 1. The SMILES string of the molecule is CNCc1c(C=N)cnc2ccccc12. The minimum Gasteiger partial charge on any atom is -0.316 e. The van der Waals surface area contributed by atoms with Crippen LogP contribution < -0.4 is 5.32 Å². The first kappa shape index (κ1) is 9.80. The van der Waals surface area contributed by atoms with Gasteiger partial charge in [0.25, 0.3) is 0 Å². The standard InChI is InChI=1S/C12H13N3/c1-14-8-11-9(6-13)7-15-12-5-3-2-4-10(11)12/h2-7,13-14H,8H2,1H3. The van der Waals surface area contributed by atoms with Gasteiger partial charge >= 0.3 is 0 Å². The number of pyridine rings is 1. The summed E-state index contributed by atoms with van der Waals surface area (Å²) >= 11 is 0. The number of para-hydroxylation sites is 1. The van der Waals surface area contributed by atoms with Crippen molar-refractivity contribution in [3.63, 3.8) is 0 Å². The zero-order valence-electron chi connectivity index (χ0n) is 8.62. The van der Waals surface area contributed by atoms with Gasteiger partial charge in [0.15, 0.2) is 0 Å². The summed E-state index contributed by atoms with van der Waals surface area (Å²) in [7, 11) is 1.91. The summed E-state index contributed by atoms with van der Waals surface area (Å²) in [4.78, 5) is 4.32. The minimum atomic E-state index is 0.758. The normalized spacial score (nSPS) is 10.5. The maximum atomic E-state index is 7.35. The maximum absolute atomic E-state index is 7.35. The summed E-state index contributed by atoms with van der Waals surface area (Å²) in [5.41, 5.74) is 2.99. The summed E-state index contributed by atoms with van der Waals surface area (Å²) < 4.78 is 0. The molecule has 0 saturated heterocycles. The Balaban J connectivity index is 2.72. The van der Waals surface area contributed by atoms with Gasteiger partial charge in [0, 0.05) is 29.9 Å². The molecule has 0 atom stereocenters. The Bertz CT molecular complexity index is 491. The first-order valence-corrected chi connectivity index (χ1v) is 4.88. The van der Waals surface area contributed by atoms with E-state index in [0.717, 1.165) is 28.6 Å². The molecule has 0 fully saturated rings. The van der Waals surface area contributed by atoms with Crippen LogP contribution in [0.15, 0.2) is 30.5 Å². The lowest BCUT2D eigenvalue weighted by atomic mass is 10.0. The third-order valence-corrected chi connectivity index (χ3v) is 2.43. The molecule has 2 rings (SSSR count). The molecule has 0 unspecified atom stereocenters. The summed E-state index contributed by atoms with van der Waals surface area (Å²) in [5.74, 6) is 0. The molecule has 0 amide bonds. The second-order valence-electron chi connectivity index (χ2n) is 3.38. The Morgan fingerprint density at radius 2 is 2.20 bits per heavy atom. The van der Waals surface area contributed by atoms with Gasteiger partial charge in [-0.15, -0.1) is 0 Å². The van der Waals surface area contributed by atoms with Crippen LogP contribution in [0.25, 0.3) is 10.9 Å². The molecule has 3 nitrogen and oxygen atoms in total. The van der Waals surface area contributed by atoms with Crippen molar-refractivity contribution >= 4 is 17.1 Å². The summed E-state index contributed by atoms with van der Waals surface area (Å²) in [5, 5.41) is 11.6. The summed E-state index contributed by atoms with van der Waals surface area (Å²) in [6.45, 7) is 0.758. The third-order valence-electron chi connectivity index (χ3n) is 2.43. The summed E-state index contributed by atoms with van der Waals surface area (Å²) in [6, 6.07) is 8.00. The molecule has 2 aromatic rings. The van der Waals surface area contributed by atoms with Crippen LogP contribution in [0.4, 0.5) is 0 Å². The zero-order chi connectivity index (χ0) is 10.7. The topological polar surface area (TPSA) is 48.8 Å². The minimum absolute atomic E-state index is 0.758. The van der Waals surface area contributed by atoms with Crippen LogP contribution in [0.3, 0.4) is 0 Å². The molecule has 3 heteroatoms.